The van der Waals surface area contributed by atoms with Crippen LogP contribution in [0, 0.1) is 0 Å². The number of benzene rings is 1. The van der Waals surface area contributed by atoms with E-state index < -0.39 is 0 Å². The van der Waals surface area contributed by atoms with Crippen molar-refractivity contribution in [2.45, 2.75) is 44.8 Å². The maximum absolute atomic E-state index is 5.96. The highest BCUT2D eigenvalue weighted by molar-refractivity contribution is 5.37. The first-order valence-corrected chi connectivity index (χ1v) is 6.87. The lowest BCUT2D eigenvalue weighted by Gasteiger charge is -2.16. The van der Waals surface area contributed by atoms with Gasteiger partial charge in [-0.1, -0.05) is 23.4 Å². The first-order chi connectivity index (χ1) is 9.51. The van der Waals surface area contributed by atoms with Crippen LogP contribution < -0.4 is 10.5 Å². The van der Waals surface area contributed by atoms with Crippen LogP contribution in [0.2, 0.25) is 0 Å². The second-order valence-corrected chi connectivity index (χ2v) is 5.95. The predicted octanol–water partition coefficient (Wildman–Crippen LogP) is 2.42. The quantitative estimate of drug-likeness (QED) is 0.926. The van der Waals surface area contributed by atoms with E-state index in [0.717, 1.165) is 18.6 Å². The van der Waals surface area contributed by atoms with Crippen LogP contribution in [0.5, 0.6) is 5.75 Å². The number of nitrogens with zero attached hydrogens (tertiary/aromatic N) is 2. The van der Waals surface area contributed by atoms with Crippen molar-refractivity contribution in [1.82, 2.24) is 10.1 Å². The molecule has 1 aliphatic heterocycles. The van der Waals surface area contributed by atoms with Gasteiger partial charge in [0.1, 0.15) is 5.75 Å². The third-order valence-corrected chi connectivity index (χ3v) is 3.40. The third kappa shape index (κ3) is 2.82. The molecule has 0 saturated carbocycles. The molecule has 2 heterocycles. The van der Waals surface area contributed by atoms with Gasteiger partial charge in [-0.15, -0.1) is 0 Å². The molecule has 1 aromatic carbocycles. The van der Waals surface area contributed by atoms with Gasteiger partial charge in [0.15, 0.2) is 6.10 Å². The van der Waals surface area contributed by atoms with Crippen LogP contribution in [0.1, 0.15) is 43.7 Å². The molecule has 0 saturated heterocycles. The van der Waals surface area contributed by atoms with Gasteiger partial charge in [-0.25, -0.2) is 0 Å². The molecule has 1 aromatic heterocycles. The molecule has 0 amide bonds. The zero-order valence-corrected chi connectivity index (χ0v) is 11.8. The molecule has 5 heteroatoms. The number of aromatic nitrogens is 2. The van der Waals surface area contributed by atoms with Crippen molar-refractivity contribution in [3.8, 4) is 5.75 Å². The second-order valence-electron chi connectivity index (χ2n) is 5.95. The van der Waals surface area contributed by atoms with Gasteiger partial charge in [-0.2, -0.15) is 4.98 Å². The molecule has 106 valence electrons. The Labute approximate surface area is 118 Å². The molecule has 1 unspecified atom stereocenters. The average molecular weight is 273 g/mol. The number of para-hydroxylation sites is 1. The first kappa shape index (κ1) is 13.1. The van der Waals surface area contributed by atoms with E-state index in [9.17, 15) is 0 Å². The standard InChI is InChI=1S/C15H19N3O2/c1-15(2,16)8-7-13-17-14(18-20-13)12-9-10-5-3-4-6-11(10)19-12/h3-6,12H,7-9,16H2,1-2H3. The fourth-order valence-corrected chi connectivity index (χ4v) is 2.26. The molecule has 20 heavy (non-hydrogen) atoms. The molecule has 0 aliphatic carbocycles. The number of fused-ring (bicyclic) bond motifs is 1. The molecule has 1 atom stereocenters. The maximum atomic E-state index is 5.96. The van der Waals surface area contributed by atoms with Gasteiger partial charge in [0.05, 0.1) is 0 Å². The van der Waals surface area contributed by atoms with E-state index in [1.165, 1.54) is 5.56 Å². The first-order valence-electron chi connectivity index (χ1n) is 6.87. The number of nitrogens with two attached hydrogens (primary N) is 1. The summed E-state index contributed by atoms with van der Waals surface area (Å²) in [7, 11) is 0. The summed E-state index contributed by atoms with van der Waals surface area (Å²) in [6, 6.07) is 8.00. The summed E-state index contributed by atoms with van der Waals surface area (Å²) in [5.41, 5.74) is 6.91. The highest BCUT2D eigenvalue weighted by Gasteiger charge is 2.28. The zero-order valence-electron chi connectivity index (χ0n) is 11.8. The number of aryl methyl sites for hydroxylation is 1. The minimum atomic E-state index is -0.227. The van der Waals surface area contributed by atoms with Gasteiger partial charge < -0.3 is 15.0 Å². The van der Waals surface area contributed by atoms with Crippen LogP contribution in [-0.2, 0) is 12.8 Å². The summed E-state index contributed by atoms with van der Waals surface area (Å²) in [5.74, 6) is 2.15. The smallest absolute Gasteiger partial charge is 0.226 e. The lowest BCUT2D eigenvalue weighted by atomic mass is 10.0. The maximum Gasteiger partial charge on any atom is 0.226 e. The van der Waals surface area contributed by atoms with Crippen molar-refractivity contribution in [2.75, 3.05) is 0 Å². The molecule has 0 bridgehead atoms. The van der Waals surface area contributed by atoms with E-state index in [0.29, 0.717) is 18.1 Å². The Morgan fingerprint density at radius 3 is 2.90 bits per heavy atom. The molecular weight excluding hydrogens is 254 g/mol. The van der Waals surface area contributed by atoms with E-state index in [-0.39, 0.29) is 11.6 Å². The van der Waals surface area contributed by atoms with Crippen LogP contribution >= 0.6 is 0 Å². The molecular formula is C15H19N3O2. The van der Waals surface area contributed by atoms with Gasteiger partial charge in [0.2, 0.25) is 11.7 Å². The molecule has 0 radical (unpaired) electrons. The number of hydrogen-bond donors (Lipinski definition) is 1. The lowest BCUT2D eigenvalue weighted by molar-refractivity contribution is 0.221. The summed E-state index contributed by atoms with van der Waals surface area (Å²) in [6.45, 7) is 3.97. The minimum Gasteiger partial charge on any atom is -0.482 e. The van der Waals surface area contributed by atoms with Gasteiger partial charge in [-0.3, -0.25) is 0 Å². The topological polar surface area (TPSA) is 74.2 Å². The van der Waals surface area contributed by atoms with Crippen molar-refractivity contribution >= 4 is 0 Å². The fourth-order valence-electron chi connectivity index (χ4n) is 2.26. The van der Waals surface area contributed by atoms with Crippen LogP contribution in [0.15, 0.2) is 28.8 Å². The van der Waals surface area contributed by atoms with Gasteiger partial charge in [0, 0.05) is 18.4 Å². The molecule has 3 rings (SSSR count). The Bertz CT molecular complexity index is 576. The van der Waals surface area contributed by atoms with E-state index in [1.54, 1.807) is 0 Å². The Kier molecular flexibility index (Phi) is 3.22. The van der Waals surface area contributed by atoms with Crippen molar-refractivity contribution < 1.29 is 9.26 Å². The summed E-state index contributed by atoms with van der Waals surface area (Å²) < 4.78 is 11.1. The molecule has 0 spiro atoms. The molecule has 5 nitrogen and oxygen atoms in total. The number of rotatable bonds is 4. The largest absolute Gasteiger partial charge is 0.482 e. The van der Waals surface area contributed by atoms with Crippen molar-refractivity contribution in [3.63, 3.8) is 0 Å². The fraction of sp³-hybridized carbons (Fsp3) is 0.467. The van der Waals surface area contributed by atoms with Crippen molar-refractivity contribution in [3.05, 3.63) is 41.5 Å². The van der Waals surface area contributed by atoms with Crippen molar-refractivity contribution in [1.29, 1.82) is 0 Å². The Morgan fingerprint density at radius 2 is 2.15 bits per heavy atom. The monoisotopic (exact) mass is 273 g/mol. The van der Waals surface area contributed by atoms with Crippen LogP contribution in [0.25, 0.3) is 0 Å². The SMILES string of the molecule is CC(C)(N)CCc1nc(C2Cc3ccccc3O2)no1. The minimum absolute atomic E-state index is 0.143. The van der Waals surface area contributed by atoms with Gasteiger partial charge in [-0.05, 0) is 31.9 Å². The Hall–Kier alpha value is -1.88. The lowest BCUT2D eigenvalue weighted by Crippen LogP contribution is -2.32. The van der Waals surface area contributed by atoms with Crippen LogP contribution in [0.3, 0.4) is 0 Å². The van der Waals surface area contributed by atoms with E-state index in [2.05, 4.69) is 16.2 Å². The number of ether oxygens (including phenoxy) is 1. The predicted molar refractivity (Wildman–Crippen MR) is 74.4 cm³/mol. The summed E-state index contributed by atoms with van der Waals surface area (Å²) in [5, 5.41) is 4.03. The second kappa shape index (κ2) is 4.90. The molecule has 1 aliphatic rings. The molecule has 0 fully saturated rings. The highest BCUT2D eigenvalue weighted by atomic mass is 16.5. The van der Waals surface area contributed by atoms with E-state index in [4.69, 9.17) is 15.0 Å². The van der Waals surface area contributed by atoms with Gasteiger partial charge in [0.25, 0.3) is 0 Å². The summed E-state index contributed by atoms with van der Waals surface area (Å²) in [6.07, 6.45) is 2.14. The third-order valence-electron chi connectivity index (χ3n) is 3.40. The Balaban J connectivity index is 1.67. The van der Waals surface area contributed by atoms with Crippen LogP contribution in [0.4, 0.5) is 0 Å². The summed E-state index contributed by atoms with van der Waals surface area (Å²) in [4.78, 5) is 4.42. The van der Waals surface area contributed by atoms with E-state index in [1.807, 2.05) is 32.0 Å². The average Bonchev–Trinajstić information content (AvgIpc) is 3.01. The Morgan fingerprint density at radius 1 is 1.35 bits per heavy atom. The molecule has 2 N–H and O–H groups in total. The van der Waals surface area contributed by atoms with Gasteiger partial charge >= 0.3 is 0 Å². The van der Waals surface area contributed by atoms with E-state index >= 15 is 0 Å². The molecule has 2 aromatic rings. The zero-order chi connectivity index (χ0) is 14.2. The normalized spacial score (nSPS) is 17.9. The van der Waals surface area contributed by atoms with Crippen molar-refractivity contribution in [2.24, 2.45) is 5.73 Å². The van der Waals surface area contributed by atoms with Crippen LogP contribution in [-0.4, -0.2) is 15.7 Å². The number of hydrogen-bond acceptors (Lipinski definition) is 5. The highest BCUT2D eigenvalue weighted by Crippen LogP contribution is 2.35. The summed E-state index contributed by atoms with van der Waals surface area (Å²) >= 11 is 0.